The van der Waals surface area contributed by atoms with Crippen molar-refractivity contribution in [3.05, 3.63) is 21.0 Å². The second-order valence-corrected chi connectivity index (χ2v) is 7.30. The number of aromatic nitrogens is 2. The van der Waals surface area contributed by atoms with Crippen molar-refractivity contribution in [3.63, 3.8) is 0 Å². The maximum atomic E-state index is 12.2. The summed E-state index contributed by atoms with van der Waals surface area (Å²) in [5.41, 5.74) is 1.18. The van der Waals surface area contributed by atoms with Crippen molar-refractivity contribution in [1.29, 1.82) is 0 Å². The van der Waals surface area contributed by atoms with E-state index < -0.39 is 0 Å². The lowest BCUT2D eigenvalue weighted by Crippen LogP contribution is -2.26. The average Bonchev–Trinajstić information content (AvgIpc) is 2.74. The van der Waals surface area contributed by atoms with Gasteiger partial charge in [-0.25, -0.2) is 4.68 Å². The summed E-state index contributed by atoms with van der Waals surface area (Å²) in [6, 6.07) is 0.439. The normalized spacial score (nSPS) is 21.1. The van der Waals surface area contributed by atoms with E-state index in [0.29, 0.717) is 22.5 Å². The van der Waals surface area contributed by atoms with Crippen LogP contribution in [-0.4, -0.2) is 15.8 Å². The fourth-order valence-electron chi connectivity index (χ4n) is 2.81. The van der Waals surface area contributed by atoms with Crippen molar-refractivity contribution in [2.45, 2.75) is 65.5 Å². The molecule has 0 radical (unpaired) electrons. The average molecular weight is 342 g/mol. The predicted octanol–water partition coefficient (Wildman–Crippen LogP) is 3.80. The molecule has 1 aliphatic rings. The largest absolute Gasteiger partial charge is 0.380 e. The maximum Gasteiger partial charge on any atom is 0.283 e. The van der Waals surface area contributed by atoms with Crippen LogP contribution in [0.1, 0.15) is 52.9 Å². The van der Waals surface area contributed by atoms with E-state index in [1.165, 1.54) is 11.1 Å². The van der Waals surface area contributed by atoms with Gasteiger partial charge in [-0.15, -0.1) is 0 Å². The van der Waals surface area contributed by atoms with E-state index >= 15 is 0 Å². The van der Waals surface area contributed by atoms with Crippen LogP contribution in [0.5, 0.6) is 0 Å². The Morgan fingerprint density at radius 2 is 2.30 bits per heavy atom. The number of rotatable bonds is 5. The predicted molar refractivity (Wildman–Crippen MR) is 86.1 cm³/mol. The summed E-state index contributed by atoms with van der Waals surface area (Å²) in [5, 5.41) is 7.73. The van der Waals surface area contributed by atoms with Crippen LogP contribution in [0.25, 0.3) is 0 Å². The van der Waals surface area contributed by atoms with Gasteiger partial charge in [0.2, 0.25) is 0 Å². The van der Waals surface area contributed by atoms with Gasteiger partial charge in [-0.05, 0) is 47.0 Å². The van der Waals surface area contributed by atoms with Crippen molar-refractivity contribution in [3.8, 4) is 0 Å². The Morgan fingerprint density at radius 3 is 2.90 bits per heavy atom. The smallest absolute Gasteiger partial charge is 0.283 e. The van der Waals surface area contributed by atoms with Crippen molar-refractivity contribution < 1.29 is 0 Å². The Morgan fingerprint density at radius 1 is 1.55 bits per heavy atom. The number of hydrogen-bond acceptors (Lipinski definition) is 3. The van der Waals surface area contributed by atoms with Crippen LogP contribution in [0.4, 0.5) is 5.69 Å². The van der Waals surface area contributed by atoms with Crippen LogP contribution in [0.15, 0.2) is 15.5 Å². The zero-order valence-electron chi connectivity index (χ0n) is 12.6. The van der Waals surface area contributed by atoms with E-state index in [9.17, 15) is 4.79 Å². The van der Waals surface area contributed by atoms with Crippen LogP contribution >= 0.6 is 15.9 Å². The molecule has 1 unspecified atom stereocenters. The van der Waals surface area contributed by atoms with Gasteiger partial charge in [0.05, 0.1) is 11.9 Å². The van der Waals surface area contributed by atoms with Gasteiger partial charge in [-0.1, -0.05) is 27.2 Å². The highest BCUT2D eigenvalue weighted by atomic mass is 79.9. The Kier molecular flexibility index (Phi) is 4.89. The van der Waals surface area contributed by atoms with Gasteiger partial charge in [-0.3, -0.25) is 4.79 Å². The summed E-state index contributed by atoms with van der Waals surface area (Å²) in [6.07, 6.45) is 7.32. The molecule has 2 rings (SSSR count). The van der Waals surface area contributed by atoms with Gasteiger partial charge in [0.15, 0.2) is 0 Å². The van der Waals surface area contributed by atoms with E-state index in [1.807, 2.05) is 0 Å². The lowest BCUT2D eigenvalue weighted by atomic mass is 9.92. The van der Waals surface area contributed by atoms with Crippen molar-refractivity contribution >= 4 is 21.6 Å². The summed E-state index contributed by atoms with van der Waals surface area (Å²) >= 11 is 3.42. The molecule has 1 aliphatic carbocycles. The molecule has 1 saturated carbocycles. The molecule has 5 heteroatoms. The second-order valence-electron chi connectivity index (χ2n) is 6.50. The number of nitrogens with zero attached hydrogens (tertiary/aromatic N) is 2. The Bertz CT molecular complexity index is 524. The van der Waals surface area contributed by atoms with Crippen molar-refractivity contribution in [1.82, 2.24) is 9.78 Å². The minimum Gasteiger partial charge on any atom is -0.380 e. The van der Waals surface area contributed by atoms with E-state index in [2.05, 4.69) is 47.1 Å². The molecular formula is C15H24BrN3O. The van der Waals surface area contributed by atoms with Gasteiger partial charge in [0.25, 0.3) is 5.56 Å². The number of nitrogens with one attached hydrogen (secondary N) is 1. The van der Waals surface area contributed by atoms with Crippen LogP contribution in [0.3, 0.4) is 0 Å². The zero-order valence-corrected chi connectivity index (χ0v) is 14.2. The number of halogens is 1. The SMILES string of the molecule is CCCCn1ncc(NC2CCC(C)(C)C2)c(Br)c1=O. The van der Waals surface area contributed by atoms with Crippen LogP contribution in [0, 0.1) is 5.41 Å². The molecule has 1 atom stereocenters. The molecule has 0 bridgehead atoms. The quantitative estimate of drug-likeness (QED) is 0.885. The van der Waals surface area contributed by atoms with Crippen molar-refractivity contribution in [2.24, 2.45) is 5.41 Å². The van der Waals surface area contributed by atoms with E-state index in [-0.39, 0.29) is 5.56 Å². The molecule has 1 aromatic rings. The number of aryl methyl sites for hydroxylation is 1. The third-order valence-corrected chi connectivity index (χ3v) is 4.80. The van der Waals surface area contributed by atoms with E-state index in [4.69, 9.17) is 0 Å². The highest BCUT2D eigenvalue weighted by Gasteiger charge is 2.31. The first-order valence-corrected chi connectivity index (χ1v) is 8.24. The minimum atomic E-state index is -0.0410. The molecule has 112 valence electrons. The molecule has 0 amide bonds. The highest BCUT2D eigenvalue weighted by Crippen LogP contribution is 2.38. The Hall–Kier alpha value is -0.840. The summed E-state index contributed by atoms with van der Waals surface area (Å²) in [6.45, 7) is 7.39. The molecule has 0 aromatic carbocycles. The van der Waals surface area contributed by atoms with Gasteiger partial charge in [-0.2, -0.15) is 5.10 Å². The van der Waals surface area contributed by atoms with Gasteiger partial charge in [0, 0.05) is 12.6 Å². The molecule has 4 nitrogen and oxygen atoms in total. The first-order valence-electron chi connectivity index (χ1n) is 7.45. The van der Waals surface area contributed by atoms with Crippen LogP contribution in [-0.2, 0) is 6.54 Å². The minimum absolute atomic E-state index is 0.0410. The first kappa shape index (κ1) is 15.5. The summed E-state index contributed by atoms with van der Waals surface area (Å²) in [4.78, 5) is 12.2. The molecule has 20 heavy (non-hydrogen) atoms. The van der Waals surface area contributed by atoms with Crippen molar-refractivity contribution in [2.75, 3.05) is 5.32 Å². The Balaban J connectivity index is 2.10. The number of hydrogen-bond donors (Lipinski definition) is 1. The van der Waals surface area contributed by atoms with Gasteiger partial charge < -0.3 is 5.32 Å². The third-order valence-electron chi connectivity index (χ3n) is 4.04. The number of anilines is 1. The fraction of sp³-hybridized carbons (Fsp3) is 0.733. The third kappa shape index (κ3) is 3.62. The monoisotopic (exact) mass is 341 g/mol. The zero-order chi connectivity index (χ0) is 14.8. The van der Waals surface area contributed by atoms with E-state index in [1.54, 1.807) is 6.20 Å². The lowest BCUT2D eigenvalue weighted by molar-refractivity contribution is 0.378. The lowest BCUT2D eigenvalue weighted by Gasteiger charge is -2.19. The topological polar surface area (TPSA) is 46.9 Å². The summed E-state index contributed by atoms with van der Waals surface area (Å²) < 4.78 is 2.14. The standard InChI is InChI=1S/C15H24BrN3O/c1-4-5-8-19-14(20)13(16)12(10-17-19)18-11-6-7-15(2,3)9-11/h10-11,18H,4-9H2,1-3H3. The molecule has 0 saturated heterocycles. The maximum absolute atomic E-state index is 12.2. The first-order chi connectivity index (χ1) is 9.43. The fourth-order valence-corrected chi connectivity index (χ4v) is 3.23. The molecule has 1 aromatic heterocycles. The van der Waals surface area contributed by atoms with Crippen LogP contribution < -0.4 is 10.9 Å². The molecule has 0 spiro atoms. The molecule has 1 fully saturated rings. The van der Waals surface area contributed by atoms with Crippen LogP contribution in [0.2, 0.25) is 0 Å². The summed E-state index contributed by atoms with van der Waals surface area (Å²) in [7, 11) is 0. The van der Waals surface area contributed by atoms with Gasteiger partial charge in [0.1, 0.15) is 4.47 Å². The highest BCUT2D eigenvalue weighted by molar-refractivity contribution is 9.10. The Labute approximate surface area is 129 Å². The molecule has 0 aliphatic heterocycles. The molecular weight excluding hydrogens is 318 g/mol. The summed E-state index contributed by atoms with van der Waals surface area (Å²) in [5.74, 6) is 0. The molecule has 1 heterocycles. The van der Waals surface area contributed by atoms with Gasteiger partial charge >= 0.3 is 0 Å². The van der Waals surface area contributed by atoms with E-state index in [0.717, 1.165) is 31.4 Å². The molecule has 1 N–H and O–H groups in total. The second kappa shape index (κ2) is 6.29. The number of unbranched alkanes of at least 4 members (excludes halogenated alkanes) is 1.